The van der Waals surface area contributed by atoms with Crippen LogP contribution in [-0.2, 0) is 0 Å². The van der Waals surface area contributed by atoms with Gasteiger partial charge in [-0.25, -0.2) is 0 Å². The predicted octanol–water partition coefficient (Wildman–Crippen LogP) is 3.55. The quantitative estimate of drug-likeness (QED) is 0.801. The van der Waals surface area contributed by atoms with Gasteiger partial charge in [0, 0.05) is 0 Å². The average molecular weight is 216 g/mol. The van der Waals surface area contributed by atoms with Gasteiger partial charge in [0.15, 0.2) is 0 Å². The first-order valence-electron chi connectivity index (χ1n) is 6.57. The van der Waals surface area contributed by atoms with Crippen molar-refractivity contribution in [3.05, 3.63) is 35.9 Å². The Hall–Kier alpha value is -0.820. The van der Waals surface area contributed by atoms with Crippen molar-refractivity contribution in [3.8, 4) is 0 Å². The maximum atomic E-state index is 10.4. The van der Waals surface area contributed by atoms with Crippen molar-refractivity contribution in [2.75, 3.05) is 0 Å². The minimum atomic E-state index is -0.230. The molecule has 0 heterocycles. The molecule has 2 aliphatic carbocycles. The number of benzene rings is 1. The lowest BCUT2D eigenvalue weighted by Gasteiger charge is -2.19. The first kappa shape index (κ1) is 10.3. The third kappa shape index (κ3) is 1.78. The number of fused-ring (bicyclic) bond motifs is 1. The van der Waals surface area contributed by atoms with Gasteiger partial charge in [-0.3, -0.25) is 0 Å². The van der Waals surface area contributed by atoms with Gasteiger partial charge in [0.2, 0.25) is 0 Å². The van der Waals surface area contributed by atoms with Crippen LogP contribution in [0.15, 0.2) is 30.3 Å². The van der Waals surface area contributed by atoms with Gasteiger partial charge in [-0.1, -0.05) is 49.6 Å². The SMILES string of the molecule is O[C@H](c1ccccc1)C1C[C@H]2CCC[C@H]2C1. The van der Waals surface area contributed by atoms with Gasteiger partial charge in [-0.15, -0.1) is 0 Å². The molecule has 1 heteroatoms. The van der Waals surface area contributed by atoms with Crippen LogP contribution in [0.2, 0.25) is 0 Å². The van der Waals surface area contributed by atoms with Crippen LogP contribution in [-0.4, -0.2) is 5.11 Å². The number of rotatable bonds is 2. The molecule has 0 bridgehead atoms. The fraction of sp³-hybridized carbons (Fsp3) is 0.600. The summed E-state index contributed by atoms with van der Waals surface area (Å²) in [5.41, 5.74) is 1.10. The summed E-state index contributed by atoms with van der Waals surface area (Å²) >= 11 is 0. The Morgan fingerprint density at radius 2 is 1.62 bits per heavy atom. The Labute approximate surface area is 97.5 Å². The molecule has 1 nitrogen and oxygen atoms in total. The predicted molar refractivity (Wildman–Crippen MR) is 65.0 cm³/mol. The second-order valence-corrected chi connectivity index (χ2v) is 5.54. The van der Waals surface area contributed by atoms with Gasteiger partial charge in [0.05, 0.1) is 6.10 Å². The highest BCUT2D eigenvalue weighted by molar-refractivity contribution is 5.18. The number of aliphatic hydroxyl groups excluding tert-OH is 1. The van der Waals surface area contributed by atoms with Gasteiger partial charge in [-0.05, 0) is 36.2 Å². The Morgan fingerprint density at radius 1 is 1.00 bits per heavy atom. The third-order valence-electron chi connectivity index (χ3n) is 4.62. The van der Waals surface area contributed by atoms with E-state index in [1.54, 1.807) is 0 Å². The van der Waals surface area contributed by atoms with E-state index in [9.17, 15) is 5.11 Å². The smallest absolute Gasteiger partial charge is 0.0818 e. The lowest BCUT2D eigenvalue weighted by atomic mass is 9.92. The summed E-state index contributed by atoms with van der Waals surface area (Å²) in [7, 11) is 0. The first-order chi connectivity index (χ1) is 7.84. The van der Waals surface area contributed by atoms with Crippen molar-refractivity contribution in [1.82, 2.24) is 0 Å². The molecule has 1 unspecified atom stereocenters. The molecule has 0 saturated heterocycles. The van der Waals surface area contributed by atoms with E-state index in [0.29, 0.717) is 5.92 Å². The van der Waals surface area contributed by atoms with Crippen LogP contribution >= 0.6 is 0 Å². The van der Waals surface area contributed by atoms with E-state index in [4.69, 9.17) is 0 Å². The number of hydrogen-bond donors (Lipinski definition) is 1. The van der Waals surface area contributed by atoms with E-state index in [1.165, 1.54) is 32.1 Å². The normalized spacial score (nSPS) is 34.9. The lowest BCUT2D eigenvalue weighted by Crippen LogP contribution is -2.10. The standard InChI is InChI=1S/C15H20O/c16-15(11-5-2-1-3-6-11)14-9-12-7-4-8-13(12)10-14/h1-3,5-6,12-16H,4,7-10H2/t12-,13+,14?,15-/m1/s1. The molecule has 86 valence electrons. The van der Waals surface area contributed by atoms with Crippen LogP contribution in [0.25, 0.3) is 0 Å². The molecule has 2 aliphatic rings. The highest BCUT2D eigenvalue weighted by Crippen LogP contribution is 2.50. The zero-order valence-electron chi connectivity index (χ0n) is 9.68. The molecular formula is C15H20O. The fourth-order valence-corrected chi connectivity index (χ4v) is 3.79. The molecule has 1 N–H and O–H groups in total. The van der Waals surface area contributed by atoms with E-state index in [2.05, 4.69) is 12.1 Å². The molecule has 0 amide bonds. The van der Waals surface area contributed by atoms with Crippen LogP contribution in [0.3, 0.4) is 0 Å². The summed E-state index contributed by atoms with van der Waals surface area (Å²) in [5, 5.41) is 10.4. The summed E-state index contributed by atoms with van der Waals surface area (Å²) < 4.78 is 0. The molecular weight excluding hydrogens is 196 g/mol. The van der Waals surface area contributed by atoms with Gasteiger partial charge < -0.3 is 5.11 Å². The lowest BCUT2D eigenvalue weighted by molar-refractivity contribution is 0.106. The van der Waals surface area contributed by atoms with Gasteiger partial charge in [-0.2, -0.15) is 0 Å². The Morgan fingerprint density at radius 3 is 2.25 bits per heavy atom. The molecule has 2 saturated carbocycles. The zero-order chi connectivity index (χ0) is 11.0. The van der Waals surface area contributed by atoms with Crippen molar-refractivity contribution in [1.29, 1.82) is 0 Å². The number of aliphatic hydroxyl groups is 1. The zero-order valence-corrected chi connectivity index (χ0v) is 9.68. The largest absolute Gasteiger partial charge is 0.388 e. The summed E-state index contributed by atoms with van der Waals surface area (Å²) in [5.74, 6) is 2.35. The molecule has 0 aromatic heterocycles. The maximum absolute atomic E-state index is 10.4. The van der Waals surface area contributed by atoms with E-state index in [1.807, 2.05) is 18.2 Å². The fourth-order valence-electron chi connectivity index (χ4n) is 3.79. The molecule has 4 atom stereocenters. The molecule has 0 radical (unpaired) electrons. The second-order valence-electron chi connectivity index (χ2n) is 5.54. The summed E-state index contributed by atoms with van der Waals surface area (Å²) in [6, 6.07) is 10.2. The Bertz CT molecular complexity index is 334. The molecule has 1 aromatic carbocycles. The Kier molecular flexibility index (Phi) is 2.72. The molecule has 0 aliphatic heterocycles. The third-order valence-corrected chi connectivity index (χ3v) is 4.62. The van der Waals surface area contributed by atoms with Crippen molar-refractivity contribution >= 4 is 0 Å². The minimum absolute atomic E-state index is 0.230. The monoisotopic (exact) mass is 216 g/mol. The van der Waals surface area contributed by atoms with Crippen LogP contribution in [0, 0.1) is 17.8 Å². The summed E-state index contributed by atoms with van der Waals surface area (Å²) in [6.45, 7) is 0. The summed E-state index contributed by atoms with van der Waals surface area (Å²) in [4.78, 5) is 0. The molecule has 3 rings (SSSR count). The van der Waals surface area contributed by atoms with E-state index in [-0.39, 0.29) is 6.10 Å². The van der Waals surface area contributed by atoms with Crippen LogP contribution in [0.4, 0.5) is 0 Å². The van der Waals surface area contributed by atoms with Crippen LogP contribution in [0.5, 0.6) is 0 Å². The minimum Gasteiger partial charge on any atom is -0.388 e. The first-order valence-corrected chi connectivity index (χ1v) is 6.57. The molecule has 0 spiro atoms. The van der Waals surface area contributed by atoms with E-state index >= 15 is 0 Å². The average Bonchev–Trinajstić information content (AvgIpc) is 2.89. The summed E-state index contributed by atoms with van der Waals surface area (Å²) in [6.07, 6.45) is 6.50. The van der Waals surface area contributed by atoms with Crippen molar-refractivity contribution < 1.29 is 5.11 Å². The van der Waals surface area contributed by atoms with Gasteiger partial charge >= 0.3 is 0 Å². The number of hydrogen-bond acceptors (Lipinski definition) is 1. The van der Waals surface area contributed by atoms with Crippen molar-refractivity contribution in [2.24, 2.45) is 17.8 Å². The molecule has 2 fully saturated rings. The van der Waals surface area contributed by atoms with Crippen LogP contribution < -0.4 is 0 Å². The van der Waals surface area contributed by atoms with Gasteiger partial charge in [0.25, 0.3) is 0 Å². The Balaban J connectivity index is 1.71. The van der Waals surface area contributed by atoms with E-state index in [0.717, 1.165) is 17.4 Å². The second kappa shape index (κ2) is 4.21. The topological polar surface area (TPSA) is 20.2 Å². The maximum Gasteiger partial charge on any atom is 0.0818 e. The van der Waals surface area contributed by atoms with Crippen LogP contribution in [0.1, 0.15) is 43.8 Å². The molecule has 16 heavy (non-hydrogen) atoms. The highest BCUT2D eigenvalue weighted by Gasteiger charge is 2.40. The van der Waals surface area contributed by atoms with Crippen molar-refractivity contribution in [3.63, 3.8) is 0 Å². The van der Waals surface area contributed by atoms with Gasteiger partial charge in [0.1, 0.15) is 0 Å². The van der Waals surface area contributed by atoms with Crippen molar-refractivity contribution in [2.45, 2.75) is 38.2 Å². The van der Waals surface area contributed by atoms with E-state index < -0.39 is 0 Å². The molecule has 1 aromatic rings. The highest BCUT2D eigenvalue weighted by atomic mass is 16.3.